The lowest BCUT2D eigenvalue weighted by atomic mass is 10.0. The second-order valence-electron chi connectivity index (χ2n) is 7.65. The molecule has 1 unspecified atom stereocenters. The lowest BCUT2D eigenvalue weighted by Crippen LogP contribution is -2.04. The molecule has 0 aliphatic heterocycles. The fourth-order valence-electron chi connectivity index (χ4n) is 3.53. The maximum Gasteiger partial charge on any atom is 0.181 e. The van der Waals surface area contributed by atoms with E-state index in [1.807, 2.05) is 68.4 Å². The third-order valence-electron chi connectivity index (χ3n) is 5.22. The SMILES string of the molecule is COc1ccc(COC(C)c2cc(-c3sc(N)nc3-c3cccc(C#N)c3)cc(C)n2)cc1. The van der Waals surface area contributed by atoms with Gasteiger partial charge in [-0.25, -0.2) is 4.98 Å². The topological polar surface area (TPSA) is 94.0 Å². The van der Waals surface area contributed by atoms with Gasteiger partial charge in [-0.3, -0.25) is 4.98 Å². The van der Waals surface area contributed by atoms with E-state index >= 15 is 0 Å². The smallest absolute Gasteiger partial charge is 0.181 e. The predicted octanol–water partition coefficient (Wildman–Crippen LogP) is 5.92. The largest absolute Gasteiger partial charge is 0.497 e. The normalized spacial score (nSPS) is 11.7. The summed E-state index contributed by atoms with van der Waals surface area (Å²) in [7, 11) is 1.65. The molecular formula is C26H24N4O2S. The van der Waals surface area contributed by atoms with Crippen molar-refractivity contribution in [2.24, 2.45) is 0 Å². The Morgan fingerprint density at radius 2 is 1.85 bits per heavy atom. The van der Waals surface area contributed by atoms with Crippen molar-refractivity contribution in [1.82, 2.24) is 9.97 Å². The van der Waals surface area contributed by atoms with Crippen LogP contribution in [0.15, 0.2) is 60.7 Å². The van der Waals surface area contributed by atoms with E-state index in [4.69, 9.17) is 20.2 Å². The van der Waals surface area contributed by atoms with Crippen LogP contribution in [0.1, 0.15) is 35.5 Å². The quantitative estimate of drug-likeness (QED) is 0.371. The molecule has 7 heteroatoms. The molecule has 0 aliphatic rings. The lowest BCUT2D eigenvalue weighted by Gasteiger charge is -2.15. The van der Waals surface area contributed by atoms with Crippen LogP contribution in [0.5, 0.6) is 5.75 Å². The summed E-state index contributed by atoms with van der Waals surface area (Å²) >= 11 is 1.42. The van der Waals surface area contributed by atoms with Gasteiger partial charge in [0.1, 0.15) is 5.75 Å². The minimum atomic E-state index is -0.207. The molecule has 6 nitrogen and oxygen atoms in total. The molecule has 2 aromatic heterocycles. The van der Waals surface area contributed by atoms with E-state index < -0.39 is 0 Å². The number of hydrogen-bond acceptors (Lipinski definition) is 7. The maximum absolute atomic E-state index is 9.27. The first-order chi connectivity index (χ1) is 16.0. The average molecular weight is 457 g/mol. The van der Waals surface area contributed by atoms with Crippen LogP contribution in [0.2, 0.25) is 0 Å². The summed E-state index contributed by atoms with van der Waals surface area (Å²) in [6, 6.07) is 21.4. The number of methoxy groups -OCH3 is 1. The molecule has 4 aromatic rings. The standard InChI is InChI=1S/C26H24N4O2S/c1-16-11-21(25-24(30-26(28)33-25)20-6-4-5-19(12-20)14-27)13-23(29-16)17(2)32-15-18-7-9-22(31-3)10-8-18/h4-13,17H,15H2,1-3H3,(H2,28,30). The highest BCUT2D eigenvalue weighted by atomic mass is 32.1. The summed E-state index contributed by atoms with van der Waals surface area (Å²) in [6.45, 7) is 4.42. The number of nitrogen functional groups attached to an aromatic ring is 1. The zero-order valence-electron chi connectivity index (χ0n) is 18.7. The Labute approximate surface area is 197 Å². The predicted molar refractivity (Wildman–Crippen MR) is 131 cm³/mol. The molecule has 0 amide bonds. The Morgan fingerprint density at radius 1 is 1.06 bits per heavy atom. The Kier molecular flexibility index (Phi) is 6.68. The minimum absolute atomic E-state index is 0.207. The molecule has 0 radical (unpaired) electrons. The van der Waals surface area contributed by atoms with Crippen LogP contribution in [0.25, 0.3) is 21.7 Å². The molecule has 4 rings (SSSR count). The zero-order chi connectivity index (χ0) is 23.4. The molecular weight excluding hydrogens is 432 g/mol. The van der Waals surface area contributed by atoms with E-state index in [-0.39, 0.29) is 6.10 Å². The van der Waals surface area contributed by atoms with Gasteiger partial charge in [0, 0.05) is 11.3 Å². The van der Waals surface area contributed by atoms with Crippen molar-refractivity contribution in [2.75, 3.05) is 12.8 Å². The number of ether oxygens (including phenoxy) is 2. The van der Waals surface area contributed by atoms with Crippen LogP contribution in [0.4, 0.5) is 5.13 Å². The average Bonchev–Trinajstić information content (AvgIpc) is 3.24. The number of rotatable bonds is 7. The molecule has 2 N–H and O–H groups in total. The molecule has 0 bridgehead atoms. The van der Waals surface area contributed by atoms with Gasteiger partial charge in [0.25, 0.3) is 0 Å². The Balaban J connectivity index is 1.61. The van der Waals surface area contributed by atoms with Crippen LogP contribution in [0, 0.1) is 18.3 Å². The molecule has 1 atom stereocenters. The van der Waals surface area contributed by atoms with Gasteiger partial charge < -0.3 is 15.2 Å². The molecule has 0 saturated heterocycles. The molecule has 2 heterocycles. The van der Waals surface area contributed by atoms with Gasteiger partial charge in [-0.15, -0.1) is 0 Å². The van der Waals surface area contributed by atoms with Crippen LogP contribution in [-0.4, -0.2) is 17.1 Å². The summed E-state index contributed by atoms with van der Waals surface area (Å²) in [6.07, 6.45) is -0.207. The number of aryl methyl sites for hydroxylation is 1. The third-order valence-corrected chi connectivity index (χ3v) is 6.15. The molecule has 2 aromatic carbocycles. The Bertz CT molecular complexity index is 1310. The van der Waals surface area contributed by atoms with Crippen molar-refractivity contribution in [2.45, 2.75) is 26.6 Å². The monoisotopic (exact) mass is 456 g/mol. The number of thiazole rings is 1. The van der Waals surface area contributed by atoms with Crippen LogP contribution < -0.4 is 10.5 Å². The van der Waals surface area contributed by atoms with E-state index in [9.17, 15) is 5.26 Å². The summed E-state index contributed by atoms with van der Waals surface area (Å²) in [5.41, 5.74) is 12.0. The van der Waals surface area contributed by atoms with Crippen LogP contribution >= 0.6 is 11.3 Å². The van der Waals surface area contributed by atoms with Gasteiger partial charge in [0.15, 0.2) is 5.13 Å². The summed E-state index contributed by atoms with van der Waals surface area (Å²) < 4.78 is 11.3. The minimum Gasteiger partial charge on any atom is -0.497 e. The first-order valence-electron chi connectivity index (χ1n) is 10.5. The van der Waals surface area contributed by atoms with Crippen LogP contribution in [0.3, 0.4) is 0 Å². The Morgan fingerprint density at radius 3 is 2.58 bits per heavy atom. The maximum atomic E-state index is 9.27. The molecule has 166 valence electrons. The zero-order valence-corrected chi connectivity index (χ0v) is 19.5. The number of nitriles is 1. The number of anilines is 1. The van der Waals surface area contributed by atoms with Gasteiger partial charge in [0.05, 0.1) is 47.7 Å². The molecule has 33 heavy (non-hydrogen) atoms. The van der Waals surface area contributed by atoms with E-state index in [1.54, 1.807) is 13.2 Å². The van der Waals surface area contributed by atoms with E-state index in [2.05, 4.69) is 11.1 Å². The van der Waals surface area contributed by atoms with Crippen molar-refractivity contribution >= 4 is 16.5 Å². The van der Waals surface area contributed by atoms with Gasteiger partial charge in [-0.05, 0) is 61.4 Å². The number of nitrogens with two attached hydrogens (primary N) is 1. The first-order valence-corrected chi connectivity index (χ1v) is 11.3. The van der Waals surface area contributed by atoms with Gasteiger partial charge in [-0.2, -0.15) is 5.26 Å². The Hall–Kier alpha value is -3.73. The summed E-state index contributed by atoms with van der Waals surface area (Å²) in [5.74, 6) is 0.816. The number of nitrogens with zero attached hydrogens (tertiary/aromatic N) is 3. The number of aromatic nitrogens is 2. The molecule has 0 spiro atoms. The fraction of sp³-hybridized carbons (Fsp3) is 0.192. The third kappa shape index (κ3) is 5.20. The van der Waals surface area contributed by atoms with Crippen molar-refractivity contribution in [3.63, 3.8) is 0 Å². The second-order valence-corrected chi connectivity index (χ2v) is 8.68. The number of benzene rings is 2. The highest BCUT2D eigenvalue weighted by Gasteiger charge is 2.17. The van der Waals surface area contributed by atoms with E-state index in [0.717, 1.165) is 44.4 Å². The van der Waals surface area contributed by atoms with Crippen molar-refractivity contribution in [3.8, 4) is 33.5 Å². The summed E-state index contributed by atoms with van der Waals surface area (Å²) in [5, 5.41) is 9.75. The number of pyridine rings is 1. The number of hydrogen-bond donors (Lipinski definition) is 1. The first kappa shape index (κ1) is 22.5. The highest BCUT2D eigenvalue weighted by Crippen LogP contribution is 2.39. The fourth-order valence-corrected chi connectivity index (χ4v) is 4.37. The second kappa shape index (κ2) is 9.82. The lowest BCUT2D eigenvalue weighted by molar-refractivity contribution is 0.0497. The molecule has 0 saturated carbocycles. The van der Waals surface area contributed by atoms with Gasteiger partial charge in [0.2, 0.25) is 0 Å². The van der Waals surface area contributed by atoms with Crippen molar-refractivity contribution < 1.29 is 9.47 Å². The van der Waals surface area contributed by atoms with E-state index in [0.29, 0.717) is 17.3 Å². The van der Waals surface area contributed by atoms with Crippen molar-refractivity contribution in [1.29, 1.82) is 5.26 Å². The highest BCUT2D eigenvalue weighted by molar-refractivity contribution is 7.19. The van der Waals surface area contributed by atoms with Crippen molar-refractivity contribution in [3.05, 3.63) is 83.2 Å². The van der Waals surface area contributed by atoms with E-state index in [1.165, 1.54) is 11.3 Å². The van der Waals surface area contributed by atoms with Gasteiger partial charge >= 0.3 is 0 Å². The van der Waals surface area contributed by atoms with Crippen LogP contribution in [-0.2, 0) is 11.3 Å². The molecule has 0 fully saturated rings. The summed E-state index contributed by atoms with van der Waals surface area (Å²) in [4.78, 5) is 10.2. The van der Waals surface area contributed by atoms with Gasteiger partial charge in [-0.1, -0.05) is 35.6 Å². The molecule has 0 aliphatic carbocycles.